The van der Waals surface area contributed by atoms with Crippen LogP contribution in [0.1, 0.15) is 61.6 Å². The molecule has 0 saturated heterocycles. The van der Waals surface area contributed by atoms with Crippen molar-refractivity contribution in [3.05, 3.63) is 97.8 Å². The average Bonchev–Trinajstić information content (AvgIpc) is 2.98. The highest BCUT2D eigenvalue weighted by atomic mass is 79.9. The van der Waals surface area contributed by atoms with Crippen molar-refractivity contribution in [1.29, 1.82) is 0 Å². The second-order valence-electron chi connectivity index (χ2n) is 11.2. The summed E-state index contributed by atoms with van der Waals surface area (Å²) < 4.78 is 2.92. The Kier molecular flexibility index (Phi) is 10.5. The van der Waals surface area contributed by atoms with E-state index in [0.29, 0.717) is 12.4 Å². The number of hydrogen-bond donors (Lipinski definition) is 3. The van der Waals surface area contributed by atoms with Crippen molar-refractivity contribution < 1.29 is 15.0 Å². The number of nitrogens with two attached hydrogens (primary N) is 1. The molecule has 0 atom stereocenters. The Labute approximate surface area is 281 Å². The van der Waals surface area contributed by atoms with Crippen LogP contribution >= 0.6 is 47.8 Å². The summed E-state index contributed by atoms with van der Waals surface area (Å²) in [7, 11) is 0. The van der Waals surface area contributed by atoms with Crippen LogP contribution in [0.5, 0.6) is 0 Å². The molecule has 2 fully saturated rings. The van der Waals surface area contributed by atoms with E-state index in [-0.39, 0.29) is 0 Å². The zero-order valence-corrected chi connectivity index (χ0v) is 28.7. The molecule has 1 aliphatic heterocycles. The summed E-state index contributed by atoms with van der Waals surface area (Å²) in [5, 5.41) is 20.5. The summed E-state index contributed by atoms with van der Waals surface area (Å²) in [5.41, 5.74) is 8.80. The fourth-order valence-corrected chi connectivity index (χ4v) is 6.74. The largest absolute Gasteiger partial charge is 0.385 e. The van der Waals surface area contributed by atoms with Gasteiger partial charge in [-0.1, -0.05) is 0 Å². The lowest BCUT2D eigenvalue weighted by molar-refractivity contribution is -0.0394. The number of fused-ring (bicyclic) bond motifs is 1. The maximum absolute atomic E-state index is 11.5. The maximum Gasteiger partial charge on any atom is 0.320 e. The van der Waals surface area contributed by atoms with Gasteiger partial charge in [-0.3, -0.25) is 19.9 Å². The molecule has 4 aromatic rings. The van der Waals surface area contributed by atoms with E-state index in [2.05, 4.69) is 67.7 Å². The topological polar surface area (TPSA) is 138 Å². The Hall–Kier alpha value is -2.77. The van der Waals surface area contributed by atoms with Crippen LogP contribution in [0.2, 0.25) is 0 Å². The summed E-state index contributed by atoms with van der Waals surface area (Å²) >= 11 is 9.87. The van der Waals surface area contributed by atoms with E-state index in [1.54, 1.807) is 43.4 Å². The predicted molar refractivity (Wildman–Crippen MR) is 180 cm³/mol. The van der Waals surface area contributed by atoms with Crippen LogP contribution in [0.15, 0.2) is 81.1 Å². The van der Waals surface area contributed by atoms with Gasteiger partial charge in [0.2, 0.25) is 0 Å². The third-order valence-corrected chi connectivity index (χ3v) is 9.48. The van der Waals surface area contributed by atoms with Crippen LogP contribution in [0.25, 0.3) is 11.1 Å². The molecule has 2 aliphatic carbocycles. The standard InChI is InChI=1S/C18H20N4O2.C9H10BrNO.C5H3Br2N/c19-17(23)22-6-1-3-12-7-13(10-21-16(12)22)14-8-15(11-20-9-14)18(24)4-2-5-18;10-8-4-7(5-11-6-8)9(12)2-1-3-9;6-4-1-5(7)3-8-2-4/h7-11,24H,1-6H2,(H2,19,23);4-6,12H,1-3H2;1-3H. The summed E-state index contributed by atoms with van der Waals surface area (Å²) in [6.45, 7) is 0.610. The minimum Gasteiger partial charge on any atom is -0.385 e. The second kappa shape index (κ2) is 14.1. The van der Waals surface area contributed by atoms with Crippen molar-refractivity contribution >= 4 is 59.6 Å². The van der Waals surface area contributed by atoms with E-state index >= 15 is 0 Å². The van der Waals surface area contributed by atoms with Gasteiger partial charge < -0.3 is 15.9 Å². The smallest absolute Gasteiger partial charge is 0.320 e. The van der Waals surface area contributed by atoms with E-state index in [0.717, 1.165) is 92.6 Å². The number of halogens is 3. The molecule has 4 N–H and O–H groups in total. The number of carbonyl (C=O) groups is 1. The number of anilines is 1. The number of urea groups is 1. The van der Waals surface area contributed by atoms with E-state index in [1.165, 1.54) is 4.90 Å². The number of rotatable bonds is 3. The monoisotopic (exact) mass is 786 g/mol. The number of primary amides is 1. The first-order chi connectivity index (χ1) is 21.1. The molecule has 9 nitrogen and oxygen atoms in total. The molecule has 44 heavy (non-hydrogen) atoms. The van der Waals surface area contributed by atoms with Gasteiger partial charge in [0.25, 0.3) is 0 Å². The lowest BCUT2D eigenvalue weighted by Crippen LogP contribution is -2.40. The molecule has 0 bridgehead atoms. The van der Waals surface area contributed by atoms with E-state index in [9.17, 15) is 15.0 Å². The zero-order valence-electron chi connectivity index (χ0n) is 24.0. The number of nitrogens with zero attached hydrogens (tertiary/aromatic N) is 5. The minimum absolute atomic E-state index is 0.466. The molecule has 2 saturated carbocycles. The number of aromatic nitrogens is 4. The van der Waals surface area contributed by atoms with Gasteiger partial charge in [0.15, 0.2) is 0 Å². The molecule has 5 heterocycles. The van der Waals surface area contributed by atoms with Gasteiger partial charge >= 0.3 is 6.03 Å². The van der Waals surface area contributed by atoms with E-state index < -0.39 is 17.2 Å². The van der Waals surface area contributed by atoms with E-state index in [4.69, 9.17) is 5.73 Å². The van der Waals surface area contributed by atoms with Gasteiger partial charge in [0.05, 0.1) is 11.2 Å². The average molecular weight is 789 g/mol. The van der Waals surface area contributed by atoms with Gasteiger partial charge in [0, 0.05) is 85.6 Å². The Morgan fingerprint density at radius 2 is 1.23 bits per heavy atom. The maximum atomic E-state index is 11.5. The molecular weight excluding hydrogens is 756 g/mol. The normalized spacial score (nSPS) is 17.3. The summed E-state index contributed by atoms with van der Waals surface area (Å²) in [6.07, 6.45) is 19.4. The number of carbonyl (C=O) groups excluding carboxylic acids is 1. The predicted octanol–water partition coefficient (Wildman–Crippen LogP) is 7.17. The number of amides is 2. The second-order valence-corrected chi connectivity index (χ2v) is 14.0. The molecule has 4 aromatic heterocycles. The van der Waals surface area contributed by atoms with Crippen LogP contribution in [-0.4, -0.2) is 42.7 Å². The van der Waals surface area contributed by atoms with Gasteiger partial charge in [-0.05, 0) is 129 Å². The van der Waals surface area contributed by atoms with Gasteiger partial charge in [-0.2, -0.15) is 0 Å². The number of hydrogen-bond acceptors (Lipinski definition) is 7. The highest BCUT2D eigenvalue weighted by Gasteiger charge is 2.37. The van der Waals surface area contributed by atoms with Crippen LogP contribution in [0.4, 0.5) is 10.6 Å². The third kappa shape index (κ3) is 7.71. The number of aryl methyl sites for hydroxylation is 1. The minimum atomic E-state index is -0.729. The first kappa shape index (κ1) is 32.6. The third-order valence-electron chi connectivity index (χ3n) is 8.18. The molecule has 12 heteroatoms. The highest BCUT2D eigenvalue weighted by molar-refractivity contribution is 9.11. The highest BCUT2D eigenvalue weighted by Crippen LogP contribution is 2.42. The molecular formula is C32H33Br3N6O3. The fourth-order valence-electron chi connectivity index (χ4n) is 5.34. The van der Waals surface area contributed by atoms with Crippen molar-refractivity contribution in [2.45, 2.75) is 62.6 Å². The van der Waals surface area contributed by atoms with Gasteiger partial charge in [0.1, 0.15) is 5.82 Å². The molecule has 0 spiro atoms. The molecule has 230 valence electrons. The Bertz CT molecular complexity index is 1610. The van der Waals surface area contributed by atoms with Crippen molar-refractivity contribution in [1.82, 2.24) is 19.9 Å². The molecule has 0 unspecified atom stereocenters. The summed E-state index contributed by atoms with van der Waals surface area (Å²) in [4.78, 5) is 29.7. The van der Waals surface area contributed by atoms with E-state index in [1.807, 2.05) is 24.3 Å². The van der Waals surface area contributed by atoms with Crippen molar-refractivity contribution in [3.63, 3.8) is 0 Å². The Morgan fingerprint density at radius 1 is 0.705 bits per heavy atom. The lowest BCUT2D eigenvalue weighted by Gasteiger charge is -2.36. The Morgan fingerprint density at radius 3 is 1.73 bits per heavy atom. The molecule has 0 aromatic carbocycles. The molecule has 0 radical (unpaired) electrons. The van der Waals surface area contributed by atoms with Crippen molar-refractivity contribution in [3.8, 4) is 11.1 Å². The van der Waals surface area contributed by atoms with Crippen LogP contribution in [-0.2, 0) is 17.6 Å². The fraction of sp³-hybridized carbons (Fsp3) is 0.344. The van der Waals surface area contributed by atoms with Crippen LogP contribution < -0.4 is 10.6 Å². The summed E-state index contributed by atoms with van der Waals surface area (Å²) in [6, 6.07) is 7.44. The first-order valence-corrected chi connectivity index (χ1v) is 16.8. The Balaban J connectivity index is 0.000000158. The van der Waals surface area contributed by atoms with Gasteiger partial charge in [-0.25, -0.2) is 9.78 Å². The molecule has 7 rings (SSSR count). The SMILES string of the molecule is Brc1cncc(Br)c1.NC(=O)N1CCCc2cc(-c3cncc(C4(O)CCC4)c3)cnc21.OC1(c2cncc(Br)c2)CCC1. The lowest BCUT2D eigenvalue weighted by atomic mass is 9.75. The van der Waals surface area contributed by atoms with Crippen molar-refractivity contribution in [2.75, 3.05) is 11.4 Å². The summed E-state index contributed by atoms with van der Waals surface area (Å²) in [5.74, 6) is 0.652. The van der Waals surface area contributed by atoms with Crippen LogP contribution in [0.3, 0.4) is 0 Å². The van der Waals surface area contributed by atoms with Crippen molar-refractivity contribution in [2.24, 2.45) is 5.73 Å². The van der Waals surface area contributed by atoms with Gasteiger partial charge in [-0.15, -0.1) is 0 Å². The number of aliphatic hydroxyl groups is 2. The molecule has 3 aliphatic rings. The first-order valence-electron chi connectivity index (χ1n) is 14.4. The van der Waals surface area contributed by atoms with Crippen LogP contribution in [0, 0.1) is 0 Å². The quantitative estimate of drug-likeness (QED) is 0.200. The molecule has 2 amide bonds. The number of pyridine rings is 4. The zero-order chi connectivity index (χ0) is 31.3.